The SMILES string of the molecule is CCC(CSC)N(C)C1(CN)CCCOC1. The van der Waals surface area contributed by atoms with Crippen LogP contribution in [-0.4, -0.2) is 55.3 Å². The van der Waals surface area contributed by atoms with E-state index in [-0.39, 0.29) is 5.54 Å². The van der Waals surface area contributed by atoms with Crippen LogP contribution in [0.1, 0.15) is 26.2 Å². The molecule has 2 N–H and O–H groups in total. The molecule has 0 spiro atoms. The van der Waals surface area contributed by atoms with Crippen molar-refractivity contribution in [2.45, 2.75) is 37.8 Å². The van der Waals surface area contributed by atoms with Crippen molar-refractivity contribution in [3.8, 4) is 0 Å². The van der Waals surface area contributed by atoms with Gasteiger partial charge in [-0.25, -0.2) is 0 Å². The van der Waals surface area contributed by atoms with Crippen molar-refractivity contribution in [2.24, 2.45) is 5.73 Å². The highest BCUT2D eigenvalue weighted by Crippen LogP contribution is 2.27. The molecule has 4 heteroatoms. The third-order valence-corrected chi connectivity index (χ3v) is 4.53. The molecule has 1 saturated heterocycles. The summed E-state index contributed by atoms with van der Waals surface area (Å²) in [6, 6.07) is 0.611. The molecular formula is C12H26N2OS. The molecule has 0 bridgehead atoms. The molecule has 0 aromatic heterocycles. The molecule has 1 rings (SSSR count). The van der Waals surface area contributed by atoms with Gasteiger partial charge < -0.3 is 10.5 Å². The van der Waals surface area contributed by atoms with Crippen LogP contribution in [0.5, 0.6) is 0 Å². The molecule has 0 aromatic carbocycles. The molecular weight excluding hydrogens is 220 g/mol. The van der Waals surface area contributed by atoms with E-state index in [9.17, 15) is 0 Å². The largest absolute Gasteiger partial charge is 0.379 e. The van der Waals surface area contributed by atoms with Crippen LogP contribution in [-0.2, 0) is 4.74 Å². The smallest absolute Gasteiger partial charge is 0.0662 e. The molecule has 1 fully saturated rings. The van der Waals surface area contributed by atoms with Crippen molar-refractivity contribution in [3.63, 3.8) is 0 Å². The monoisotopic (exact) mass is 246 g/mol. The Labute approximate surface area is 104 Å². The summed E-state index contributed by atoms with van der Waals surface area (Å²) in [6.45, 7) is 4.65. The minimum atomic E-state index is 0.0780. The van der Waals surface area contributed by atoms with Crippen LogP contribution in [0.15, 0.2) is 0 Å². The number of nitrogens with two attached hydrogens (primary N) is 1. The Hall–Kier alpha value is 0.230. The highest BCUT2D eigenvalue weighted by Gasteiger charge is 2.38. The molecule has 1 aliphatic heterocycles. The first kappa shape index (κ1) is 14.3. The number of rotatable bonds is 6. The Bertz CT molecular complexity index is 195. The first-order valence-corrected chi connectivity index (χ1v) is 7.59. The second kappa shape index (κ2) is 6.84. The molecule has 1 heterocycles. The van der Waals surface area contributed by atoms with Gasteiger partial charge in [0.2, 0.25) is 0 Å². The lowest BCUT2D eigenvalue weighted by molar-refractivity contribution is -0.0478. The summed E-state index contributed by atoms with van der Waals surface area (Å²) >= 11 is 1.91. The van der Waals surface area contributed by atoms with Crippen LogP contribution < -0.4 is 5.73 Å². The molecule has 1 aliphatic rings. The minimum absolute atomic E-state index is 0.0780. The van der Waals surface area contributed by atoms with E-state index in [1.807, 2.05) is 11.8 Å². The lowest BCUT2D eigenvalue weighted by atomic mass is 9.89. The van der Waals surface area contributed by atoms with E-state index in [1.165, 1.54) is 18.6 Å². The van der Waals surface area contributed by atoms with Crippen LogP contribution in [0.3, 0.4) is 0 Å². The van der Waals surface area contributed by atoms with Crippen molar-refractivity contribution in [2.75, 3.05) is 38.8 Å². The predicted molar refractivity (Wildman–Crippen MR) is 72.1 cm³/mol. The highest BCUT2D eigenvalue weighted by molar-refractivity contribution is 7.98. The number of nitrogens with zero attached hydrogens (tertiary/aromatic N) is 1. The average molecular weight is 246 g/mol. The topological polar surface area (TPSA) is 38.5 Å². The fourth-order valence-electron chi connectivity index (χ4n) is 2.50. The van der Waals surface area contributed by atoms with Crippen LogP contribution in [0, 0.1) is 0 Å². The highest BCUT2D eigenvalue weighted by atomic mass is 32.2. The van der Waals surface area contributed by atoms with Gasteiger partial charge in [-0.05, 0) is 32.6 Å². The second-order valence-electron chi connectivity index (χ2n) is 4.71. The van der Waals surface area contributed by atoms with Gasteiger partial charge in [-0.15, -0.1) is 0 Å². The molecule has 16 heavy (non-hydrogen) atoms. The molecule has 2 unspecified atom stereocenters. The maximum absolute atomic E-state index is 6.00. The van der Waals surface area contributed by atoms with Crippen LogP contribution >= 0.6 is 11.8 Å². The molecule has 0 aromatic rings. The zero-order valence-electron chi connectivity index (χ0n) is 10.9. The predicted octanol–water partition coefficient (Wildman–Crippen LogP) is 1.57. The van der Waals surface area contributed by atoms with Gasteiger partial charge in [0.15, 0.2) is 0 Å². The Balaban J connectivity index is 2.68. The third-order valence-electron chi connectivity index (χ3n) is 3.81. The van der Waals surface area contributed by atoms with Crippen molar-refractivity contribution in [1.82, 2.24) is 4.90 Å². The van der Waals surface area contributed by atoms with E-state index >= 15 is 0 Å². The maximum Gasteiger partial charge on any atom is 0.0662 e. The van der Waals surface area contributed by atoms with Gasteiger partial charge in [-0.2, -0.15) is 11.8 Å². The maximum atomic E-state index is 6.00. The third kappa shape index (κ3) is 3.13. The summed E-state index contributed by atoms with van der Waals surface area (Å²) in [4.78, 5) is 2.47. The van der Waals surface area contributed by atoms with Crippen LogP contribution in [0.4, 0.5) is 0 Å². The summed E-state index contributed by atoms with van der Waals surface area (Å²) in [7, 11) is 2.21. The Morgan fingerprint density at radius 3 is 2.75 bits per heavy atom. The number of thioether (sulfide) groups is 1. The standard InChI is InChI=1S/C12H26N2OS/c1-4-11(8-16-3)14(2)12(9-13)6-5-7-15-10-12/h11H,4-10,13H2,1-3H3. The molecule has 96 valence electrons. The zero-order chi connectivity index (χ0) is 12.0. The molecule has 0 saturated carbocycles. The van der Waals surface area contributed by atoms with E-state index in [2.05, 4.69) is 25.1 Å². The van der Waals surface area contributed by atoms with Gasteiger partial charge in [0.25, 0.3) is 0 Å². The Morgan fingerprint density at radius 1 is 1.56 bits per heavy atom. The number of likely N-dealkylation sites (N-methyl/N-ethyl adjacent to an activating group) is 1. The van der Waals surface area contributed by atoms with Crippen molar-refractivity contribution < 1.29 is 4.74 Å². The molecule has 0 amide bonds. The quantitative estimate of drug-likeness (QED) is 0.772. The van der Waals surface area contributed by atoms with E-state index in [1.54, 1.807) is 0 Å². The molecule has 0 radical (unpaired) electrons. The van der Waals surface area contributed by atoms with E-state index < -0.39 is 0 Å². The summed E-state index contributed by atoms with van der Waals surface area (Å²) in [5.41, 5.74) is 6.08. The first-order valence-electron chi connectivity index (χ1n) is 6.20. The first-order chi connectivity index (χ1) is 7.70. The lowest BCUT2D eigenvalue weighted by Crippen LogP contribution is -2.60. The summed E-state index contributed by atoms with van der Waals surface area (Å²) in [5, 5.41) is 0. The average Bonchev–Trinajstić information content (AvgIpc) is 2.36. The van der Waals surface area contributed by atoms with Gasteiger partial charge in [0.1, 0.15) is 0 Å². The zero-order valence-corrected chi connectivity index (χ0v) is 11.7. The van der Waals surface area contributed by atoms with Crippen molar-refractivity contribution >= 4 is 11.8 Å². The van der Waals surface area contributed by atoms with Crippen molar-refractivity contribution in [1.29, 1.82) is 0 Å². The fraction of sp³-hybridized carbons (Fsp3) is 1.00. The fourth-order valence-corrected chi connectivity index (χ4v) is 3.35. The number of hydrogen-bond donors (Lipinski definition) is 1. The van der Waals surface area contributed by atoms with Gasteiger partial charge in [0.05, 0.1) is 12.1 Å². The number of hydrogen-bond acceptors (Lipinski definition) is 4. The molecule has 0 aliphatic carbocycles. The second-order valence-corrected chi connectivity index (χ2v) is 5.62. The van der Waals surface area contributed by atoms with Gasteiger partial charge in [-0.3, -0.25) is 4.90 Å². The minimum Gasteiger partial charge on any atom is -0.379 e. The lowest BCUT2D eigenvalue weighted by Gasteiger charge is -2.47. The summed E-state index contributed by atoms with van der Waals surface area (Å²) < 4.78 is 5.64. The summed E-state index contributed by atoms with van der Waals surface area (Å²) in [6.07, 6.45) is 5.66. The van der Waals surface area contributed by atoms with Gasteiger partial charge >= 0.3 is 0 Å². The van der Waals surface area contributed by atoms with Crippen LogP contribution in [0.25, 0.3) is 0 Å². The summed E-state index contributed by atoms with van der Waals surface area (Å²) in [5.74, 6) is 1.18. The van der Waals surface area contributed by atoms with Gasteiger partial charge in [0, 0.05) is 24.9 Å². The Kier molecular flexibility index (Phi) is 6.11. The Morgan fingerprint density at radius 2 is 2.31 bits per heavy atom. The van der Waals surface area contributed by atoms with E-state index in [4.69, 9.17) is 10.5 Å². The van der Waals surface area contributed by atoms with E-state index in [0.717, 1.165) is 19.6 Å². The van der Waals surface area contributed by atoms with Crippen molar-refractivity contribution in [3.05, 3.63) is 0 Å². The number of ether oxygens (including phenoxy) is 1. The van der Waals surface area contributed by atoms with E-state index in [0.29, 0.717) is 12.6 Å². The molecule has 3 nitrogen and oxygen atoms in total. The van der Waals surface area contributed by atoms with Crippen LogP contribution in [0.2, 0.25) is 0 Å². The van der Waals surface area contributed by atoms with Gasteiger partial charge in [-0.1, -0.05) is 6.92 Å². The normalized spacial score (nSPS) is 28.3. The molecule has 2 atom stereocenters.